The van der Waals surface area contributed by atoms with Gasteiger partial charge in [0.05, 0.1) is 18.6 Å². The Hall–Kier alpha value is -2.93. The second-order valence-corrected chi connectivity index (χ2v) is 8.96. The van der Waals surface area contributed by atoms with E-state index in [4.69, 9.17) is 32.7 Å². The highest BCUT2D eigenvalue weighted by atomic mass is 35.5. The van der Waals surface area contributed by atoms with E-state index in [-0.39, 0.29) is 11.8 Å². The Labute approximate surface area is 205 Å². The van der Waals surface area contributed by atoms with Gasteiger partial charge in [0.25, 0.3) is 11.1 Å². The van der Waals surface area contributed by atoms with Crippen LogP contribution in [-0.2, 0) is 17.9 Å². The highest BCUT2D eigenvalue weighted by molar-refractivity contribution is 8.18. The number of hydrogen-bond donors (Lipinski definition) is 0. The van der Waals surface area contributed by atoms with Crippen molar-refractivity contribution in [3.63, 3.8) is 0 Å². The number of methoxy groups -OCH3 is 1. The summed E-state index contributed by atoms with van der Waals surface area (Å²) in [6.07, 6.45) is 1.66. The average Bonchev–Trinajstić information content (AvgIpc) is 3.08. The van der Waals surface area contributed by atoms with Crippen LogP contribution in [0.1, 0.15) is 16.7 Å². The van der Waals surface area contributed by atoms with E-state index in [1.165, 1.54) is 0 Å². The van der Waals surface area contributed by atoms with Crippen LogP contribution >= 0.6 is 35.0 Å². The molecule has 3 aromatic carbocycles. The van der Waals surface area contributed by atoms with Gasteiger partial charge in [0.1, 0.15) is 6.61 Å². The van der Waals surface area contributed by atoms with Crippen LogP contribution in [0.5, 0.6) is 11.5 Å². The Balaban J connectivity index is 1.54. The van der Waals surface area contributed by atoms with Gasteiger partial charge < -0.3 is 9.47 Å². The number of rotatable bonds is 7. The van der Waals surface area contributed by atoms with Gasteiger partial charge in [0.2, 0.25) is 0 Å². The number of thioether (sulfide) groups is 1. The van der Waals surface area contributed by atoms with Gasteiger partial charge in [-0.1, -0.05) is 65.7 Å². The van der Waals surface area contributed by atoms with E-state index in [1.807, 2.05) is 30.3 Å². The van der Waals surface area contributed by atoms with Crippen LogP contribution in [-0.4, -0.2) is 23.2 Å². The zero-order chi connectivity index (χ0) is 23.4. The monoisotopic (exact) mass is 499 g/mol. The van der Waals surface area contributed by atoms with E-state index in [1.54, 1.807) is 49.6 Å². The lowest BCUT2D eigenvalue weighted by Gasteiger charge is -2.14. The Morgan fingerprint density at radius 2 is 1.67 bits per heavy atom. The highest BCUT2D eigenvalue weighted by Crippen LogP contribution is 2.37. The lowest BCUT2D eigenvalue weighted by atomic mass is 10.1. The van der Waals surface area contributed by atoms with Gasteiger partial charge in [0.15, 0.2) is 11.5 Å². The summed E-state index contributed by atoms with van der Waals surface area (Å²) in [4.78, 5) is 26.9. The molecule has 0 radical (unpaired) electrons. The molecule has 0 aromatic heterocycles. The summed E-state index contributed by atoms with van der Waals surface area (Å²) in [7, 11) is 1.57. The number of hydrogen-bond acceptors (Lipinski definition) is 5. The maximum absolute atomic E-state index is 12.9. The SMILES string of the molecule is COc1ccc(/C=C2\SC(=O)N(Cc3c(Cl)cccc3Cl)C2=O)cc1OCc1ccccc1. The number of nitrogens with zero attached hydrogens (tertiary/aromatic N) is 1. The maximum Gasteiger partial charge on any atom is 0.293 e. The van der Waals surface area contributed by atoms with Crippen molar-refractivity contribution in [3.05, 3.63) is 98.4 Å². The molecule has 4 rings (SSSR count). The lowest BCUT2D eigenvalue weighted by Crippen LogP contribution is -2.27. The van der Waals surface area contributed by atoms with Crippen molar-refractivity contribution in [1.82, 2.24) is 4.90 Å². The van der Waals surface area contributed by atoms with Crippen molar-refractivity contribution in [2.75, 3.05) is 7.11 Å². The molecule has 0 atom stereocenters. The molecule has 0 unspecified atom stereocenters. The molecule has 0 saturated carbocycles. The van der Waals surface area contributed by atoms with Gasteiger partial charge in [-0.3, -0.25) is 14.5 Å². The largest absolute Gasteiger partial charge is 0.493 e. The molecule has 8 heteroatoms. The molecule has 1 aliphatic heterocycles. The van der Waals surface area contributed by atoms with Crippen LogP contribution in [0, 0.1) is 0 Å². The Morgan fingerprint density at radius 3 is 2.36 bits per heavy atom. The molecule has 1 saturated heterocycles. The summed E-state index contributed by atoms with van der Waals surface area (Å²) >= 11 is 13.3. The van der Waals surface area contributed by atoms with E-state index in [0.29, 0.717) is 44.2 Å². The minimum absolute atomic E-state index is 0.00849. The zero-order valence-electron chi connectivity index (χ0n) is 17.6. The average molecular weight is 500 g/mol. The fourth-order valence-corrected chi connectivity index (χ4v) is 4.62. The van der Waals surface area contributed by atoms with Crippen molar-refractivity contribution >= 4 is 52.2 Å². The summed E-state index contributed by atoms with van der Waals surface area (Å²) in [5, 5.41) is 0.429. The van der Waals surface area contributed by atoms with Crippen LogP contribution in [0.3, 0.4) is 0 Å². The van der Waals surface area contributed by atoms with Crippen LogP contribution < -0.4 is 9.47 Å². The zero-order valence-corrected chi connectivity index (χ0v) is 19.9. The number of halogens is 2. The second kappa shape index (κ2) is 10.3. The summed E-state index contributed by atoms with van der Waals surface area (Å²) in [5.41, 5.74) is 2.26. The van der Waals surface area contributed by atoms with Crippen molar-refractivity contribution in [2.45, 2.75) is 13.2 Å². The minimum Gasteiger partial charge on any atom is -0.493 e. The molecule has 1 aliphatic rings. The number of ether oxygens (including phenoxy) is 2. The quantitative estimate of drug-likeness (QED) is 0.334. The summed E-state index contributed by atoms with van der Waals surface area (Å²) in [6, 6.07) is 20.2. The van der Waals surface area contributed by atoms with Crippen molar-refractivity contribution in [3.8, 4) is 11.5 Å². The van der Waals surface area contributed by atoms with E-state index < -0.39 is 5.91 Å². The topological polar surface area (TPSA) is 55.8 Å². The second-order valence-electron chi connectivity index (χ2n) is 7.15. The van der Waals surface area contributed by atoms with Crippen molar-refractivity contribution < 1.29 is 19.1 Å². The third-order valence-corrected chi connectivity index (χ3v) is 6.59. The fraction of sp³-hybridized carbons (Fsp3) is 0.120. The van der Waals surface area contributed by atoms with E-state index >= 15 is 0 Å². The van der Waals surface area contributed by atoms with E-state index in [9.17, 15) is 9.59 Å². The van der Waals surface area contributed by atoms with Gasteiger partial charge in [-0.2, -0.15) is 0 Å². The molecule has 0 bridgehead atoms. The summed E-state index contributed by atoms with van der Waals surface area (Å²) in [6.45, 7) is 0.379. The lowest BCUT2D eigenvalue weighted by molar-refractivity contribution is -0.123. The van der Waals surface area contributed by atoms with E-state index in [2.05, 4.69) is 0 Å². The fourth-order valence-electron chi connectivity index (χ4n) is 3.26. The molecule has 1 fully saturated rings. The number of amides is 2. The minimum atomic E-state index is -0.399. The first-order valence-corrected chi connectivity index (χ1v) is 11.6. The highest BCUT2D eigenvalue weighted by Gasteiger charge is 2.35. The van der Waals surface area contributed by atoms with Crippen molar-refractivity contribution in [2.24, 2.45) is 0 Å². The van der Waals surface area contributed by atoms with Crippen LogP contribution in [0.25, 0.3) is 6.08 Å². The van der Waals surface area contributed by atoms with Crippen molar-refractivity contribution in [1.29, 1.82) is 0 Å². The van der Waals surface area contributed by atoms with E-state index in [0.717, 1.165) is 22.2 Å². The standard InChI is InChI=1S/C25H19Cl2NO4S/c1-31-21-11-10-17(12-22(21)32-15-16-6-3-2-4-7-16)13-23-24(29)28(25(30)33-23)14-18-19(26)8-5-9-20(18)27/h2-13H,14-15H2,1H3/b23-13-. The maximum atomic E-state index is 12.9. The first kappa shape index (κ1) is 23.2. The third-order valence-electron chi connectivity index (χ3n) is 4.97. The van der Waals surface area contributed by atoms with Crippen LogP contribution in [0.15, 0.2) is 71.6 Å². The molecule has 0 aliphatic carbocycles. The predicted octanol–water partition coefficient (Wildman–Crippen LogP) is 6.82. The number of carbonyl (C=O) groups is 2. The number of benzene rings is 3. The van der Waals surface area contributed by atoms with Crippen LogP contribution in [0.4, 0.5) is 4.79 Å². The predicted molar refractivity (Wildman–Crippen MR) is 132 cm³/mol. The first-order valence-electron chi connectivity index (χ1n) is 9.99. The molecule has 3 aromatic rings. The summed E-state index contributed by atoms with van der Waals surface area (Å²) < 4.78 is 11.3. The Morgan fingerprint density at radius 1 is 0.939 bits per heavy atom. The molecular weight excluding hydrogens is 481 g/mol. The molecule has 168 valence electrons. The summed E-state index contributed by atoms with van der Waals surface area (Å²) in [5.74, 6) is 0.713. The number of carbonyl (C=O) groups excluding carboxylic acids is 2. The van der Waals surface area contributed by atoms with Gasteiger partial charge in [-0.15, -0.1) is 0 Å². The molecular formula is C25H19Cl2NO4S. The van der Waals surface area contributed by atoms with Gasteiger partial charge in [0, 0.05) is 15.6 Å². The molecule has 2 amide bonds. The molecule has 5 nitrogen and oxygen atoms in total. The third kappa shape index (κ3) is 5.36. The molecule has 1 heterocycles. The Bertz CT molecular complexity index is 1210. The van der Waals surface area contributed by atoms with Gasteiger partial charge in [-0.05, 0) is 53.2 Å². The Kier molecular flexibility index (Phi) is 7.28. The number of imide groups is 1. The smallest absolute Gasteiger partial charge is 0.293 e. The molecule has 0 N–H and O–H groups in total. The first-order chi connectivity index (χ1) is 16.0. The molecule has 0 spiro atoms. The van der Waals surface area contributed by atoms with Crippen LogP contribution in [0.2, 0.25) is 10.0 Å². The van der Waals surface area contributed by atoms with Gasteiger partial charge >= 0.3 is 0 Å². The molecule has 33 heavy (non-hydrogen) atoms. The normalized spacial score (nSPS) is 14.8. The van der Waals surface area contributed by atoms with Gasteiger partial charge in [-0.25, -0.2) is 0 Å².